The molecule has 0 bridgehead atoms. The van der Waals surface area contributed by atoms with Crippen molar-refractivity contribution in [2.45, 2.75) is 13.8 Å². The fraction of sp³-hybridized carbons (Fsp3) is 0.600. The molecule has 0 heterocycles. The van der Waals surface area contributed by atoms with Crippen LogP contribution < -0.4 is 91.2 Å². The van der Waals surface area contributed by atoms with Crippen molar-refractivity contribution in [2.75, 3.05) is 0 Å². The molecule has 0 spiro atoms. The third kappa shape index (κ3) is 5.76. The van der Waals surface area contributed by atoms with Gasteiger partial charge in [-0.3, -0.25) is 0 Å². The molecule has 0 saturated carbocycles. The molecule has 0 aliphatic carbocycles. The summed E-state index contributed by atoms with van der Waals surface area (Å²) in [5, 5.41) is 19.9. The second-order valence-electron chi connectivity index (χ2n) is 2.20. The number of carboxylic acid groups (broad SMARTS) is 2. The van der Waals surface area contributed by atoms with E-state index in [1.54, 1.807) is 0 Å². The standard InChI is InChI=1S/C5H8O4.K.Na/c1-5(2,3(6)7)4(8)9;;/h1-2H3,(H,6,7)(H,8,9);;/q;2*+1/p-2. The van der Waals surface area contributed by atoms with E-state index in [0.717, 1.165) is 13.8 Å². The van der Waals surface area contributed by atoms with Gasteiger partial charge in [-0.2, -0.15) is 0 Å². The first-order chi connectivity index (χ1) is 3.89. The molecule has 11 heavy (non-hydrogen) atoms. The molecule has 6 heteroatoms. The molecule has 0 aromatic rings. The van der Waals surface area contributed by atoms with Gasteiger partial charge in [0.05, 0.1) is 11.9 Å². The zero-order chi connectivity index (χ0) is 7.65. The Kier molecular flexibility index (Phi) is 11.7. The number of hydrogen-bond acceptors (Lipinski definition) is 4. The molecule has 0 amide bonds. The molecule has 0 aromatic heterocycles. The summed E-state index contributed by atoms with van der Waals surface area (Å²) in [6, 6.07) is 0. The molecule has 0 unspecified atom stereocenters. The van der Waals surface area contributed by atoms with Crippen LogP contribution in [-0.4, -0.2) is 11.9 Å². The van der Waals surface area contributed by atoms with Gasteiger partial charge in [-0.15, -0.1) is 0 Å². The summed E-state index contributed by atoms with van der Waals surface area (Å²) in [6.07, 6.45) is 0. The van der Waals surface area contributed by atoms with Crippen molar-refractivity contribution >= 4 is 11.9 Å². The van der Waals surface area contributed by atoms with E-state index >= 15 is 0 Å². The van der Waals surface area contributed by atoms with E-state index < -0.39 is 17.4 Å². The van der Waals surface area contributed by atoms with E-state index in [-0.39, 0.29) is 80.9 Å². The van der Waals surface area contributed by atoms with Crippen molar-refractivity contribution in [1.29, 1.82) is 0 Å². The molecule has 52 valence electrons. The first kappa shape index (κ1) is 18.4. The summed E-state index contributed by atoms with van der Waals surface area (Å²) >= 11 is 0. The van der Waals surface area contributed by atoms with Crippen molar-refractivity contribution in [1.82, 2.24) is 0 Å². The van der Waals surface area contributed by atoms with Gasteiger partial charge in [-0.25, -0.2) is 0 Å². The number of carbonyl (C=O) groups is 2. The summed E-state index contributed by atoms with van der Waals surface area (Å²) < 4.78 is 0. The van der Waals surface area contributed by atoms with Crippen LogP contribution in [0.3, 0.4) is 0 Å². The van der Waals surface area contributed by atoms with Crippen LogP contribution in [0.2, 0.25) is 0 Å². The minimum Gasteiger partial charge on any atom is -0.549 e. The van der Waals surface area contributed by atoms with Gasteiger partial charge >= 0.3 is 80.9 Å². The number of carboxylic acids is 2. The van der Waals surface area contributed by atoms with E-state index in [9.17, 15) is 19.8 Å². The molecular formula is C5H6KNaO4. The van der Waals surface area contributed by atoms with Crippen molar-refractivity contribution in [3.05, 3.63) is 0 Å². The van der Waals surface area contributed by atoms with Crippen LogP contribution in [0.5, 0.6) is 0 Å². The van der Waals surface area contributed by atoms with E-state index in [0.29, 0.717) is 0 Å². The number of aliphatic carboxylic acids is 2. The molecule has 0 radical (unpaired) electrons. The third-order valence-electron chi connectivity index (χ3n) is 1.02. The van der Waals surface area contributed by atoms with E-state index in [1.807, 2.05) is 0 Å². The predicted octanol–water partition coefficient (Wildman–Crippen LogP) is -8.48. The Balaban J connectivity index is -0.000000320. The molecule has 0 atom stereocenters. The van der Waals surface area contributed by atoms with Crippen molar-refractivity contribution in [3.63, 3.8) is 0 Å². The predicted molar refractivity (Wildman–Crippen MR) is 23.8 cm³/mol. The minimum absolute atomic E-state index is 0. The number of carbonyl (C=O) groups excluding carboxylic acids is 2. The van der Waals surface area contributed by atoms with Gasteiger partial charge in [0, 0.05) is 5.41 Å². The fourth-order valence-corrected chi connectivity index (χ4v) is 0.0833. The largest absolute Gasteiger partial charge is 1.00 e. The van der Waals surface area contributed by atoms with Crippen LogP contribution in [0.25, 0.3) is 0 Å². The maximum absolute atomic E-state index is 9.93. The van der Waals surface area contributed by atoms with Gasteiger partial charge in [0.15, 0.2) is 0 Å². The molecule has 0 fully saturated rings. The summed E-state index contributed by atoms with van der Waals surface area (Å²) in [6.45, 7) is 2.02. The maximum atomic E-state index is 9.93. The van der Waals surface area contributed by atoms with Crippen molar-refractivity contribution in [3.8, 4) is 0 Å². The zero-order valence-corrected chi connectivity index (χ0v) is 12.3. The molecule has 0 aromatic carbocycles. The molecular weight excluding hydrogens is 186 g/mol. The molecule has 0 aliphatic rings. The maximum Gasteiger partial charge on any atom is 1.00 e. The van der Waals surface area contributed by atoms with Crippen molar-refractivity contribution in [2.24, 2.45) is 5.41 Å². The molecule has 4 nitrogen and oxygen atoms in total. The van der Waals surface area contributed by atoms with Crippen LogP contribution in [0.1, 0.15) is 13.8 Å². The Bertz CT molecular complexity index is 141. The fourth-order valence-electron chi connectivity index (χ4n) is 0.0833. The normalized spacial score (nSPS) is 8.91. The molecule has 0 rings (SSSR count). The van der Waals surface area contributed by atoms with Crippen LogP contribution in [0, 0.1) is 5.41 Å². The van der Waals surface area contributed by atoms with Crippen LogP contribution in [0.15, 0.2) is 0 Å². The molecule has 0 N–H and O–H groups in total. The summed E-state index contributed by atoms with van der Waals surface area (Å²) in [7, 11) is 0. The van der Waals surface area contributed by atoms with Gasteiger partial charge in [0.1, 0.15) is 0 Å². The monoisotopic (exact) mass is 192 g/mol. The van der Waals surface area contributed by atoms with Crippen LogP contribution in [-0.2, 0) is 9.59 Å². The quantitative estimate of drug-likeness (QED) is 0.321. The number of rotatable bonds is 2. The van der Waals surface area contributed by atoms with Gasteiger partial charge in [0.2, 0.25) is 0 Å². The second-order valence-corrected chi connectivity index (χ2v) is 2.20. The smallest absolute Gasteiger partial charge is 0.549 e. The Morgan fingerprint density at radius 1 is 1.09 bits per heavy atom. The summed E-state index contributed by atoms with van der Waals surface area (Å²) in [5.74, 6) is -3.27. The average molecular weight is 192 g/mol. The van der Waals surface area contributed by atoms with E-state index in [1.165, 1.54) is 0 Å². The molecule has 0 aliphatic heterocycles. The van der Waals surface area contributed by atoms with Crippen LogP contribution >= 0.6 is 0 Å². The second kappa shape index (κ2) is 7.03. The third-order valence-corrected chi connectivity index (χ3v) is 1.02. The SMILES string of the molecule is CC(C)(C(=O)[O-])C(=O)[O-].[K+].[Na+]. The zero-order valence-electron chi connectivity index (χ0n) is 7.13. The van der Waals surface area contributed by atoms with Crippen molar-refractivity contribution < 1.29 is 101 Å². The summed E-state index contributed by atoms with van der Waals surface area (Å²) in [4.78, 5) is 19.9. The van der Waals surface area contributed by atoms with E-state index in [2.05, 4.69) is 0 Å². The van der Waals surface area contributed by atoms with E-state index in [4.69, 9.17) is 0 Å². The number of hydrogen-bond donors (Lipinski definition) is 0. The van der Waals surface area contributed by atoms with Gasteiger partial charge in [-0.05, 0) is 13.8 Å². The van der Waals surface area contributed by atoms with Gasteiger partial charge < -0.3 is 19.8 Å². The topological polar surface area (TPSA) is 80.3 Å². The first-order valence-corrected chi connectivity index (χ1v) is 2.32. The Hall–Kier alpha value is 1.58. The average Bonchev–Trinajstić information content (AvgIpc) is 1.65. The molecule has 0 saturated heterocycles. The first-order valence-electron chi connectivity index (χ1n) is 2.32. The Labute approximate surface area is 129 Å². The van der Waals surface area contributed by atoms with Crippen LogP contribution in [0.4, 0.5) is 0 Å². The Morgan fingerprint density at radius 2 is 1.27 bits per heavy atom. The van der Waals surface area contributed by atoms with Gasteiger partial charge in [0.25, 0.3) is 0 Å². The van der Waals surface area contributed by atoms with Gasteiger partial charge in [-0.1, -0.05) is 0 Å². The minimum atomic E-state index is -1.89. The summed E-state index contributed by atoms with van der Waals surface area (Å²) in [5.41, 5.74) is -1.89. The Morgan fingerprint density at radius 3 is 1.27 bits per heavy atom.